The molecule has 0 amide bonds. The van der Waals surface area contributed by atoms with E-state index in [1.807, 2.05) is 22.6 Å². The highest BCUT2D eigenvalue weighted by Crippen LogP contribution is 2.29. The molecule has 21 heavy (non-hydrogen) atoms. The fraction of sp³-hybridized carbons (Fsp3) is 0.200. The Bertz CT molecular complexity index is 819. The zero-order chi connectivity index (χ0) is 14.8. The minimum Gasteiger partial charge on any atom is -0.490 e. The third-order valence-corrected chi connectivity index (χ3v) is 3.94. The maximum atomic E-state index is 11.7. The van der Waals surface area contributed by atoms with Crippen LogP contribution in [0.25, 0.3) is 15.2 Å². The van der Waals surface area contributed by atoms with Crippen molar-refractivity contribution in [1.29, 1.82) is 0 Å². The molecule has 0 spiro atoms. The monoisotopic (exact) mass is 302 g/mol. The molecule has 0 saturated heterocycles. The normalized spacial score (nSPS) is 10.9. The van der Waals surface area contributed by atoms with E-state index in [1.165, 1.54) is 11.3 Å². The van der Waals surface area contributed by atoms with Crippen LogP contribution in [0.3, 0.4) is 0 Å². The zero-order valence-corrected chi connectivity index (χ0v) is 12.4. The van der Waals surface area contributed by atoms with Gasteiger partial charge < -0.3 is 9.47 Å². The number of esters is 1. The maximum Gasteiger partial charge on any atom is 0.358 e. The Morgan fingerprint density at radius 1 is 1.52 bits per heavy atom. The standard InChI is InChI=1S/C15H14N2O3S/c1-3-7-20-10-5-6-12-13(8-10)21-15-16-11(9-17(12)15)14(18)19-4-2/h3,5-6,8-9H,1,4,7H2,2H3. The SMILES string of the molecule is C=CCOc1ccc2c(c1)sc1nc(C(=O)OCC)cn12. The lowest BCUT2D eigenvalue weighted by Gasteiger charge is -2.02. The highest BCUT2D eigenvalue weighted by Gasteiger charge is 2.15. The first-order valence-electron chi connectivity index (χ1n) is 6.55. The van der Waals surface area contributed by atoms with Crippen LogP contribution >= 0.6 is 11.3 Å². The number of carbonyl (C=O) groups excluding carboxylic acids is 1. The van der Waals surface area contributed by atoms with Crippen LogP contribution in [0.1, 0.15) is 17.4 Å². The van der Waals surface area contributed by atoms with Crippen LogP contribution in [0.2, 0.25) is 0 Å². The lowest BCUT2D eigenvalue weighted by molar-refractivity contribution is 0.0520. The van der Waals surface area contributed by atoms with E-state index in [2.05, 4.69) is 11.6 Å². The minimum atomic E-state index is -0.396. The van der Waals surface area contributed by atoms with Crippen molar-refractivity contribution in [3.63, 3.8) is 0 Å². The lowest BCUT2D eigenvalue weighted by Crippen LogP contribution is -2.04. The van der Waals surface area contributed by atoms with Gasteiger partial charge in [-0.05, 0) is 25.1 Å². The summed E-state index contributed by atoms with van der Waals surface area (Å²) in [6.07, 6.45) is 3.41. The van der Waals surface area contributed by atoms with Gasteiger partial charge in [0, 0.05) is 6.20 Å². The maximum absolute atomic E-state index is 11.7. The topological polar surface area (TPSA) is 52.8 Å². The summed E-state index contributed by atoms with van der Waals surface area (Å²) in [5.74, 6) is 0.394. The quantitative estimate of drug-likeness (QED) is 0.536. The summed E-state index contributed by atoms with van der Waals surface area (Å²) in [7, 11) is 0. The molecule has 0 aliphatic carbocycles. The van der Waals surface area contributed by atoms with Gasteiger partial charge in [-0.25, -0.2) is 9.78 Å². The second-order valence-corrected chi connectivity index (χ2v) is 5.34. The summed E-state index contributed by atoms with van der Waals surface area (Å²) in [5.41, 5.74) is 1.32. The van der Waals surface area contributed by atoms with E-state index in [0.717, 1.165) is 20.9 Å². The van der Waals surface area contributed by atoms with Gasteiger partial charge in [0.2, 0.25) is 0 Å². The van der Waals surface area contributed by atoms with Crippen molar-refractivity contribution in [3.05, 3.63) is 42.7 Å². The Morgan fingerprint density at radius 3 is 3.14 bits per heavy atom. The summed E-state index contributed by atoms with van der Waals surface area (Å²) in [4.78, 5) is 16.8. The number of fused-ring (bicyclic) bond motifs is 3. The molecule has 2 aromatic heterocycles. The summed E-state index contributed by atoms with van der Waals surface area (Å²) in [5, 5.41) is 0. The lowest BCUT2D eigenvalue weighted by atomic mass is 10.3. The molecule has 0 unspecified atom stereocenters. The summed E-state index contributed by atoms with van der Waals surface area (Å²) >= 11 is 1.50. The highest BCUT2D eigenvalue weighted by atomic mass is 32.1. The van der Waals surface area contributed by atoms with Crippen molar-refractivity contribution in [2.75, 3.05) is 13.2 Å². The fourth-order valence-corrected chi connectivity index (χ4v) is 3.07. The molecule has 1 aromatic carbocycles. The van der Waals surface area contributed by atoms with Gasteiger partial charge in [-0.1, -0.05) is 24.0 Å². The smallest absolute Gasteiger partial charge is 0.358 e. The van der Waals surface area contributed by atoms with E-state index in [0.29, 0.717) is 18.9 Å². The number of hydrogen-bond acceptors (Lipinski definition) is 5. The van der Waals surface area contributed by atoms with Crippen molar-refractivity contribution in [1.82, 2.24) is 9.38 Å². The van der Waals surface area contributed by atoms with E-state index < -0.39 is 5.97 Å². The molecule has 108 valence electrons. The molecule has 0 saturated carbocycles. The minimum absolute atomic E-state index is 0.331. The number of rotatable bonds is 5. The van der Waals surface area contributed by atoms with Gasteiger partial charge in [0.25, 0.3) is 0 Å². The van der Waals surface area contributed by atoms with Crippen molar-refractivity contribution < 1.29 is 14.3 Å². The molecule has 5 nitrogen and oxygen atoms in total. The number of nitrogens with zero attached hydrogens (tertiary/aromatic N) is 2. The number of thiazole rings is 1. The number of ether oxygens (including phenoxy) is 2. The molecule has 3 rings (SSSR count). The molecule has 2 heterocycles. The Kier molecular flexibility index (Phi) is 3.62. The van der Waals surface area contributed by atoms with Crippen LogP contribution in [0.4, 0.5) is 0 Å². The first-order chi connectivity index (χ1) is 10.2. The van der Waals surface area contributed by atoms with Crippen LogP contribution in [0.5, 0.6) is 5.75 Å². The van der Waals surface area contributed by atoms with Gasteiger partial charge >= 0.3 is 5.97 Å². The third-order valence-electron chi connectivity index (χ3n) is 2.92. The van der Waals surface area contributed by atoms with E-state index in [9.17, 15) is 4.79 Å². The van der Waals surface area contributed by atoms with Gasteiger partial charge in [-0.2, -0.15) is 0 Å². The van der Waals surface area contributed by atoms with Crippen LogP contribution < -0.4 is 4.74 Å². The summed E-state index contributed by atoms with van der Waals surface area (Å²) in [6.45, 7) is 6.22. The fourth-order valence-electron chi connectivity index (χ4n) is 2.03. The van der Waals surface area contributed by atoms with Crippen molar-refractivity contribution in [2.24, 2.45) is 0 Å². The average molecular weight is 302 g/mol. The van der Waals surface area contributed by atoms with Crippen LogP contribution in [0.15, 0.2) is 37.1 Å². The molecule has 0 atom stereocenters. The predicted octanol–water partition coefficient (Wildman–Crippen LogP) is 3.29. The number of imidazole rings is 1. The molecule has 0 bridgehead atoms. The molecular formula is C15H14N2O3S. The van der Waals surface area contributed by atoms with Crippen LogP contribution in [-0.2, 0) is 4.74 Å². The zero-order valence-electron chi connectivity index (χ0n) is 11.5. The molecule has 3 aromatic rings. The highest BCUT2D eigenvalue weighted by molar-refractivity contribution is 7.23. The number of aromatic nitrogens is 2. The van der Waals surface area contributed by atoms with Crippen molar-refractivity contribution in [3.8, 4) is 5.75 Å². The Balaban J connectivity index is 2.00. The summed E-state index contributed by atoms with van der Waals surface area (Å²) in [6, 6.07) is 5.80. The number of benzene rings is 1. The Morgan fingerprint density at radius 2 is 2.38 bits per heavy atom. The van der Waals surface area contributed by atoms with Gasteiger partial charge in [0.15, 0.2) is 10.7 Å². The van der Waals surface area contributed by atoms with Gasteiger partial charge in [0.05, 0.1) is 16.8 Å². The molecule has 0 N–H and O–H groups in total. The molecule has 0 radical (unpaired) electrons. The molecule has 0 aliphatic heterocycles. The molecule has 6 heteroatoms. The van der Waals surface area contributed by atoms with Crippen LogP contribution in [0, 0.1) is 0 Å². The summed E-state index contributed by atoms with van der Waals surface area (Å²) < 4.78 is 13.4. The van der Waals surface area contributed by atoms with Crippen LogP contribution in [-0.4, -0.2) is 28.6 Å². The first kappa shape index (κ1) is 13.6. The average Bonchev–Trinajstić information content (AvgIpc) is 3.02. The van der Waals surface area contributed by atoms with E-state index in [-0.39, 0.29) is 0 Å². The van der Waals surface area contributed by atoms with E-state index in [4.69, 9.17) is 9.47 Å². The Labute approximate surface area is 125 Å². The molecule has 0 aliphatic rings. The third kappa shape index (κ3) is 2.50. The van der Waals surface area contributed by atoms with E-state index >= 15 is 0 Å². The second kappa shape index (κ2) is 5.57. The predicted molar refractivity (Wildman–Crippen MR) is 82.2 cm³/mol. The van der Waals surface area contributed by atoms with Gasteiger partial charge in [0.1, 0.15) is 12.4 Å². The van der Waals surface area contributed by atoms with Gasteiger partial charge in [-0.3, -0.25) is 4.40 Å². The van der Waals surface area contributed by atoms with Gasteiger partial charge in [-0.15, -0.1) is 0 Å². The van der Waals surface area contributed by atoms with Crippen molar-refractivity contribution in [2.45, 2.75) is 6.92 Å². The Hall–Kier alpha value is -2.34. The second-order valence-electron chi connectivity index (χ2n) is 4.33. The number of hydrogen-bond donors (Lipinski definition) is 0. The van der Waals surface area contributed by atoms with Crippen molar-refractivity contribution >= 4 is 32.5 Å². The number of carbonyl (C=O) groups is 1. The van der Waals surface area contributed by atoms with E-state index in [1.54, 1.807) is 19.2 Å². The molecular weight excluding hydrogens is 288 g/mol. The molecule has 0 fully saturated rings. The largest absolute Gasteiger partial charge is 0.490 e. The first-order valence-corrected chi connectivity index (χ1v) is 7.37.